The Bertz CT molecular complexity index is 953. The maximum atomic E-state index is 11.9. The van der Waals surface area contributed by atoms with Gasteiger partial charge in [0.2, 0.25) is 0 Å². The van der Waals surface area contributed by atoms with Crippen LogP contribution in [0.25, 0.3) is 0 Å². The van der Waals surface area contributed by atoms with E-state index in [4.69, 9.17) is 52.1 Å². The molecule has 1 rings (SSSR count). The van der Waals surface area contributed by atoms with Crippen LogP contribution in [0.1, 0.15) is 107 Å². The predicted octanol–water partition coefficient (Wildman–Crippen LogP) is 7.02. The average molecular weight is 801 g/mol. The third-order valence-corrected chi connectivity index (χ3v) is 8.42. The van der Waals surface area contributed by atoms with Crippen LogP contribution >= 0.6 is 0 Å². The summed E-state index contributed by atoms with van der Waals surface area (Å²) >= 11 is 0. The van der Waals surface area contributed by atoms with Crippen molar-refractivity contribution in [1.82, 2.24) is 0 Å². The van der Waals surface area contributed by atoms with Crippen LogP contribution in [0.2, 0.25) is 0 Å². The summed E-state index contributed by atoms with van der Waals surface area (Å²) in [5.74, 6) is -0.493. The minimum absolute atomic E-state index is 0.136. The van der Waals surface area contributed by atoms with Gasteiger partial charge in [0.05, 0.1) is 124 Å². The van der Waals surface area contributed by atoms with Crippen LogP contribution in [0.15, 0.2) is 30.3 Å². The molecule has 0 aliphatic heterocycles. The third-order valence-electron chi connectivity index (χ3n) is 8.42. The largest absolute Gasteiger partial charge is 0.463 e. The lowest BCUT2D eigenvalue weighted by Crippen LogP contribution is -2.16. The first-order valence-corrected chi connectivity index (χ1v) is 21.3. The molecular weight excluding hydrogens is 724 g/mol. The van der Waals surface area contributed by atoms with Gasteiger partial charge in [-0.2, -0.15) is 0 Å². The van der Waals surface area contributed by atoms with Crippen LogP contribution < -0.4 is 0 Å². The molecule has 1 aromatic rings. The lowest BCUT2D eigenvalue weighted by molar-refractivity contribution is -0.145. The van der Waals surface area contributed by atoms with Crippen LogP contribution in [0.4, 0.5) is 0 Å². The second-order valence-electron chi connectivity index (χ2n) is 13.2. The van der Waals surface area contributed by atoms with Crippen LogP contribution in [-0.2, 0) is 56.9 Å². The summed E-state index contributed by atoms with van der Waals surface area (Å²) in [6, 6.07) is 8.85. The van der Waals surface area contributed by atoms with Crippen LogP contribution in [0, 0.1) is 0 Å². The topological polar surface area (TPSA) is 136 Å². The molecule has 13 nitrogen and oxygen atoms in total. The molecule has 0 radical (unpaired) electrons. The van der Waals surface area contributed by atoms with E-state index in [9.17, 15) is 9.59 Å². The number of rotatable bonds is 45. The first kappa shape index (κ1) is 51.8. The van der Waals surface area contributed by atoms with Gasteiger partial charge in [-0.3, -0.25) is 4.79 Å². The van der Waals surface area contributed by atoms with Crippen molar-refractivity contribution in [2.24, 2.45) is 0 Å². The smallest absolute Gasteiger partial charge is 0.338 e. The van der Waals surface area contributed by atoms with E-state index in [0.717, 1.165) is 12.8 Å². The summed E-state index contributed by atoms with van der Waals surface area (Å²) < 4.78 is 59.7. The molecular formula is C43H76O13. The van der Waals surface area contributed by atoms with Crippen molar-refractivity contribution in [3.05, 3.63) is 35.9 Å². The molecule has 0 aliphatic carbocycles. The zero-order valence-electron chi connectivity index (χ0n) is 34.7. The van der Waals surface area contributed by atoms with E-state index in [0.29, 0.717) is 131 Å². The second-order valence-corrected chi connectivity index (χ2v) is 13.2. The Morgan fingerprint density at radius 3 is 0.982 bits per heavy atom. The van der Waals surface area contributed by atoms with E-state index in [1.807, 2.05) is 6.07 Å². The number of hydrogen-bond acceptors (Lipinski definition) is 13. The third kappa shape index (κ3) is 38.7. The lowest BCUT2D eigenvalue weighted by atomic mass is 10.0. The number of unbranched alkanes of at least 4 members (excludes halogenated alkanes) is 12. The number of ether oxygens (including phenoxy) is 11. The SMILES string of the molecule is CCCCCCCCCCCCCCCC(=O)OCCOCCOCCOCCOCCOCCOCCOCCOCCOCCOC(=O)c1ccccc1. The number of hydrogen-bond donors (Lipinski definition) is 0. The molecule has 0 amide bonds. The molecule has 0 atom stereocenters. The van der Waals surface area contributed by atoms with Crippen molar-refractivity contribution in [2.45, 2.75) is 96.8 Å². The highest BCUT2D eigenvalue weighted by Gasteiger charge is 2.05. The van der Waals surface area contributed by atoms with Gasteiger partial charge >= 0.3 is 11.9 Å². The minimum atomic E-state index is -0.358. The fraction of sp³-hybridized carbons (Fsp3) is 0.814. The summed E-state index contributed by atoms with van der Waals surface area (Å²) in [6.07, 6.45) is 17.3. The zero-order valence-corrected chi connectivity index (χ0v) is 34.7. The Morgan fingerprint density at radius 1 is 0.357 bits per heavy atom. The molecule has 13 heteroatoms. The van der Waals surface area contributed by atoms with Crippen LogP contribution in [-0.4, -0.2) is 144 Å². The van der Waals surface area contributed by atoms with E-state index < -0.39 is 0 Å². The van der Waals surface area contributed by atoms with Crippen molar-refractivity contribution in [3.8, 4) is 0 Å². The molecule has 326 valence electrons. The van der Waals surface area contributed by atoms with E-state index in [1.54, 1.807) is 24.3 Å². The molecule has 56 heavy (non-hydrogen) atoms. The Kier molecular flexibility index (Phi) is 40.6. The van der Waals surface area contributed by atoms with E-state index in [-0.39, 0.29) is 25.2 Å². The van der Waals surface area contributed by atoms with Crippen molar-refractivity contribution in [1.29, 1.82) is 0 Å². The van der Waals surface area contributed by atoms with Gasteiger partial charge in [-0.1, -0.05) is 102 Å². The second kappa shape index (κ2) is 43.9. The molecule has 1 aromatic carbocycles. The van der Waals surface area contributed by atoms with Gasteiger partial charge in [0, 0.05) is 6.42 Å². The first-order chi connectivity index (χ1) is 27.7. The van der Waals surface area contributed by atoms with Crippen LogP contribution in [0.3, 0.4) is 0 Å². The van der Waals surface area contributed by atoms with Crippen molar-refractivity contribution in [3.63, 3.8) is 0 Å². The normalized spacial score (nSPS) is 11.3. The summed E-state index contributed by atoms with van der Waals surface area (Å²) in [6.45, 7) is 11.0. The van der Waals surface area contributed by atoms with Gasteiger partial charge in [-0.15, -0.1) is 0 Å². The lowest BCUT2D eigenvalue weighted by Gasteiger charge is -2.09. The molecule has 0 saturated carbocycles. The predicted molar refractivity (Wildman–Crippen MR) is 215 cm³/mol. The van der Waals surface area contributed by atoms with E-state index >= 15 is 0 Å². The van der Waals surface area contributed by atoms with Crippen molar-refractivity contribution < 1.29 is 61.7 Å². The van der Waals surface area contributed by atoms with Crippen molar-refractivity contribution in [2.75, 3.05) is 132 Å². The molecule has 0 bridgehead atoms. The highest BCUT2D eigenvalue weighted by molar-refractivity contribution is 5.89. The molecule has 0 heterocycles. The summed E-state index contributed by atoms with van der Waals surface area (Å²) in [7, 11) is 0. The maximum Gasteiger partial charge on any atom is 0.338 e. The summed E-state index contributed by atoms with van der Waals surface area (Å²) in [4.78, 5) is 23.7. The standard InChI is InChI=1S/C43H76O13/c1-2-3-4-5-6-7-8-9-10-11-12-13-17-20-42(44)55-39-37-53-35-33-51-31-29-49-27-25-47-23-21-46-22-24-48-26-28-50-30-32-52-34-36-54-38-40-56-43(45)41-18-15-14-16-19-41/h14-16,18-19H,2-13,17,20-40H2,1H3. The molecule has 0 spiro atoms. The van der Waals surface area contributed by atoms with Gasteiger partial charge in [-0.25, -0.2) is 4.79 Å². The van der Waals surface area contributed by atoms with Crippen molar-refractivity contribution >= 4 is 11.9 Å². The Labute approximate surface area is 338 Å². The molecule has 0 fully saturated rings. The minimum Gasteiger partial charge on any atom is -0.463 e. The number of carbonyl (C=O) groups is 2. The Balaban J connectivity index is 1.65. The summed E-state index contributed by atoms with van der Waals surface area (Å²) in [5, 5.41) is 0. The molecule has 0 unspecified atom stereocenters. The fourth-order valence-corrected chi connectivity index (χ4v) is 5.29. The summed E-state index contributed by atoms with van der Waals surface area (Å²) in [5.41, 5.74) is 0.524. The van der Waals surface area contributed by atoms with Gasteiger partial charge in [0.15, 0.2) is 0 Å². The average Bonchev–Trinajstić information content (AvgIpc) is 3.21. The highest BCUT2D eigenvalue weighted by Crippen LogP contribution is 2.13. The zero-order chi connectivity index (χ0) is 40.1. The highest BCUT2D eigenvalue weighted by atomic mass is 16.6. The molecule has 0 saturated heterocycles. The van der Waals surface area contributed by atoms with Gasteiger partial charge in [-0.05, 0) is 18.6 Å². The number of esters is 2. The monoisotopic (exact) mass is 801 g/mol. The van der Waals surface area contributed by atoms with Gasteiger partial charge in [0.25, 0.3) is 0 Å². The number of carbonyl (C=O) groups excluding carboxylic acids is 2. The quantitative estimate of drug-likeness (QED) is 0.0495. The molecule has 0 aromatic heterocycles. The fourth-order valence-electron chi connectivity index (χ4n) is 5.29. The van der Waals surface area contributed by atoms with E-state index in [2.05, 4.69) is 6.92 Å². The first-order valence-electron chi connectivity index (χ1n) is 21.3. The van der Waals surface area contributed by atoms with Crippen LogP contribution in [0.5, 0.6) is 0 Å². The van der Waals surface area contributed by atoms with Gasteiger partial charge in [0.1, 0.15) is 13.2 Å². The Hall–Kier alpha value is -2.20. The maximum absolute atomic E-state index is 11.9. The van der Waals surface area contributed by atoms with Gasteiger partial charge < -0.3 is 52.1 Å². The van der Waals surface area contributed by atoms with E-state index in [1.165, 1.54) is 70.6 Å². The Morgan fingerprint density at radius 2 is 0.643 bits per heavy atom. The molecule has 0 N–H and O–H groups in total. The number of benzene rings is 1. The molecule has 0 aliphatic rings.